The summed E-state index contributed by atoms with van der Waals surface area (Å²) in [6.45, 7) is 3.69. The van der Waals surface area contributed by atoms with Gasteiger partial charge in [-0.3, -0.25) is 9.36 Å². The maximum absolute atomic E-state index is 12.7. The summed E-state index contributed by atoms with van der Waals surface area (Å²) >= 11 is 1.03. The second-order valence-corrected chi connectivity index (χ2v) is 9.42. The minimum atomic E-state index is -3.81. The Morgan fingerprint density at radius 2 is 1.93 bits per heavy atom. The second-order valence-electron chi connectivity index (χ2n) is 6.66. The molecule has 1 N–H and O–H groups in total. The van der Waals surface area contributed by atoms with Crippen LogP contribution in [0.1, 0.15) is 25.8 Å². The van der Waals surface area contributed by atoms with Gasteiger partial charge in [-0.15, -0.1) is 0 Å². The van der Waals surface area contributed by atoms with Crippen LogP contribution in [-0.4, -0.2) is 23.1 Å². The van der Waals surface area contributed by atoms with E-state index in [1.807, 2.05) is 44.2 Å². The van der Waals surface area contributed by atoms with Gasteiger partial charge in [0.15, 0.2) is 0 Å². The van der Waals surface area contributed by atoms with Gasteiger partial charge in [0.25, 0.3) is 0 Å². The fourth-order valence-electron chi connectivity index (χ4n) is 2.94. The summed E-state index contributed by atoms with van der Waals surface area (Å²) < 4.78 is 35.2. The van der Waals surface area contributed by atoms with Gasteiger partial charge in [0.05, 0.1) is 21.7 Å². The lowest BCUT2D eigenvalue weighted by Gasteiger charge is -2.08. The quantitative estimate of drug-likeness (QED) is 0.503. The molecule has 0 fully saturated rings. The van der Waals surface area contributed by atoms with E-state index in [9.17, 15) is 13.2 Å². The van der Waals surface area contributed by atoms with Crippen molar-refractivity contribution in [2.24, 2.45) is 0 Å². The molecule has 0 aliphatic heterocycles. The van der Waals surface area contributed by atoms with Gasteiger partial charge >= 0.3 is 4.87 Å². The zero-order chi connectivity index (χ0) is 20.6. The van der Waals surface area contributed by atoms with Crippen molar-refractivity contribution >= 4 is 31.6 Å². The average Bonchev–Trinajstić information content (AvgIpc) is 3.30. The summed E-state index contributed by atoms with van der Waals surface area (Å²) in [6.07, 6.45) is 0. The molecule has 4 rings (SSSR count). The first-order valence-electron chi connectivity index (χ1n) is 8.88. The van der Waals surface area contributed by atoms with Gasteiger partial charge in [-0.1, -0.05) is 46.8 Å². The summed E-state index contributed by atoms with van der Waals surface area (Å²) in [5, 5.41) is 3.87. The summed E-state index contributed by atoms with van der Waals surface area (Å²) in [6, 6.07) is 13.9. The molecule has 2 aromatic heterocycles. The molecule has 150 valence electrons. The Balaban J connectivity index is 1.55. The maximum atomic E-state index is 12.7. The first-order valence-corrected chi connectivity index (χ1v) is 11.2. The summed E-state index contributed by atoms with van der Waals surface area (Å²) in [4.78, 5) is 16.3. The Labute approximate surface area is 170 Å². The molecule has 10 heteroatoms. The molecule has 4 aromatic rings. The summed E-state index contributed by atoms with van der Waals surface area (Å²) in [7, 11) is -3.81. The zero-order valence-electron chi connectivity index (χ0n) is 15.7. The van der Waals surface area contributed by atoms with Crippen LogP contribution in [0.25, 0.3) is 21.6 Å². The standard InChI is InChI=1S/C19H18N4O4S2/c1-12(2)23-15-9-8-14(10-16(15)28-19(23)24)29(25,26)20-11-17-21-18(22-27-17)13-6-4-3-5-7-13/h3-10,12,20H,11H2,1-2H3. The molecule has 0 spiro atoms. The summed E-state index contributed by atoms with van der Waals surface area (Å²) in [5.41, 5.74) is 1.50. The van der Waals surface area contributed by atoms with Crippen LogP contribution >= 0.6 is 11.3 Å². The highest BCUT2D eigenvalue weighted by Gasteiger charge is 2.19. The van der Waals surface area contributed by atoms with Gasteiger partial charge in [0.2, 0.25) is 21.7 Å². The third-order valence-corrected chi connectivity index (χ3v) is 6.64. The lowest BCUT2D eigenvalue weighted by molar-refractivity contribution is 0.376. The molecule has 0 atom stereocenters. The van der Waals surface area contributed by atoms with E-state index in [1.165, 1.54) is 12.1 Å². The molecule has 0 saturated carbocycles. The number of hydrogen-bond acceptors (Lipinski definition) is 7. The zero-order valence-corrected chi connectivity index (χ0v) is 17.3. The first-order chi connectivity index (χ1) is 13.8. The molecular formula is C19H18N4O4S2. The van der Waals surface area contributed by atoms with Crippen molar-refractivity contribution in [3.8, 4) is 11.4 Å². The van der Waals surface area contributed by atoms with Gasteiger partial charge in [-0.2, -0.15) is 4.98 Å². The minimum absolute atomic E-state index is 0.00632. The molecule has 8 nitrogen and oxygen atoms in total. The minimum Gasteiger partial charge on any atom is -0.338 e. The lowest BCUT2D eigenvalue weighted by Crippen LogP contribution is -2.23. The van der Waals surface area contributed by atoms with E-state index in [0.717, 1.165) is 22.4 Å². The molecule has 29 heavy (non-hydrogen) atoms. The highest BCUT2D eigenvalue weighted by atomic mass is 32.2. The molecule has 0 aliphatic carbocycles. The number of sulfonamides is 1. The van der Waals surface area contributed by atoms with Crippen molar-refractivity contribution in [2.75, 3.05) is 0 Å². The molecule has 0 amide bonds. The van der Waals surface area contributed by atoms with E-state index >= 15 is 0 Å². The van der Waals surface area contributed by atoms with E-state index in [4.69, 9.17) is 4.52 Å². The molecule has 2 heterocycles. The number of rotatable bonds is 6. The van der Waals surface area contributed by atoms with Crippen LogP contribution in [-0.2, 0) is 16.6 Å². The van der Waals surface area contributed by atoms with Crippen molar-refractivity contribution in [3.05, 3.63) is 64.1 Å². The Hall–Kier alpha value is -2.82. The number of fused-ring (bicyclic) bond motifs is 1. The van der Waals surface area contributed by atoms with Gasteiger partial charge in [-0.25, -0.2) is 13.1 Å². The third-order valence-electron chi connectivity index (χ3n) is 4.32. The van der Waals surface area contributed by atoms with Gasteiger partial charge < -0.3 is 4.52 Å². The predicted molar refractivity (Wildman–Crippen MR) is 110 cm³/mol. The van der Waals surface area contributed by atoms with Crippen LogP contribution in [0.5, 0.6) is 0 Å². The van der Waals surface area contributed by atoms with Crippen molar-refractivity contribution in [1.82, 2.24) is 19.4 Å². The number of thiazole rings is 1. The van der Waals surface area contributed by atoms with Crippen molar-refractivity contribution < 1.29 is 12.9 Å². The highest BCUT2D eigenvalue weighted by Crippen LogP contribution is 2.24. The second kappa shape index (κ2) is 7.54. The highest BCUT2D eigenvalue weighted by molar-refractivity contribution is 7.89. The van der Waals surface area contributed by atoms with Crippen LogP contribution in [0.4, 0.5) is 0 Å². The first kappa shape index (κ1) is 19.5. The van der Waals surface area contributed by atoms with Gasteiger partial charge in [0.1, 0.15) is 0 Å². The van der Waals surface area contributed by atoms with E-state index < -0.39 is 10.0 Å². The van der Waals surface area contributed by atoms with Gasteiger partial charge in [-0.05, 0) is 32.0 Å². The lowest BCUT2D eigenvalue weighted by atomic mass is 10.2. The molecule has 0 unspecified atom stereocenters. The van der Waals surface area contributed by atoms with E-state index in [-0.39, 0.29) is 28.2 Å². The van der Waals surface area contributed by atoms with E-state index in [0.29, 0.717) is 10.5 Å². The van der Waals surface area contributed by atoms with E-state index in [2.05, 4.69) is 14.9 Å². The van der Waals surface area contributed by atoms with Crippen molar-refractivity contribution in [1.29, 1.82) is 0 Å². The van der Waals surface area contributed by atoms with E-state index in [1.54, 1.807) is 10.6 Å². The van der Waals surface area contributed by atoms with Crippen LogP contribution in [0.2, 0.25) is 0 Å². The van der Waals surface area contributed by atoms with Crippen LogP contribution in [0.15, 0.2) is 62.7 Å². The number of hydrogen-bond donors (Lipinski definition) is 1. The van der Waals surface area contributed by atoms with Crippen LogP contribution < -0.4 is 9.60 Å². The fraction of sp³-hybridized carbons (Fsp3) is 0.211. The molecule has 2 aromatic carbocycles. The normalized spacial score (nSPS) is 12.1. The number of nitrogens with zero attached hydrogens (tertiary/aromatic N) is 3. The van der Waals surface area contributed by atoms with Crippen LogP contribution in [0.3, 0.4) is 0 Å². The van der Waals surface area contributed by atoms with Crippen molar-refractivity contribution in [3.63, 3.8) is 0 Å². The molecule has 0 saturated heterocycles. The summed E-state index contributed by atoms with van der Waals surface area (Å²) in [5.74, 6) is 0.546. The number of benzene rings is 2. The molecule has 0 bridgehead atoms. The fourth-order valence-corrected chi connectivity index (χ4v) is 5.07. The Morgan fingerprint density at radius 3 is 2.66 bits per heavy atom. The average molecular weight is 431 g/mol. The number of nitrogens with one attached hydrogen (secondary N) is 1. The topological polar surface area (TPSA) is 107 Å². The predicted octanol–water partition coefficient (Wildman–Crippen LogP) is 3.17. The van der Waals surface area contributed by atoms with Crippen LogP contribution in [0, 0.1) is 0 Å². The monoisotopic (exact) mass is 430 g/mol. The Kier molecular flexibility index (Phi) is 5.07. The van der Waals surface area contributed by atoms with Gasteiger partial charge in [0, 0.05) is 11.6 Å². The number of aromatic nitrogens is 3. The molecule has 0 radical (unpaired) electrons. The smallest absolute Gasteiger partial charge is 0.308 e. The third kappa shape index (κ3) is 3.86. The molecular weight excluding hydrogens is 412 g/mol. The maximum Gasteiger partial charge on any atom is 0.308 e. The van der Waals surface area contributed by atoms with Crippen molar-refractivity contribution in [2.45, 2.75) is 31.3 Å². The SMILES string of the molecule is CC(C)n1c(=O)sc2cc(S(=O)(=O)NCc3nc(-c4ccccc4)no3)ccc21. The Bertz CT molecular complexity index is 1320. The largest absolute Gasteiger partial charge is 0.338 e. The molecule has 0 aliphatic rings. The Morgan fingerprint density at radius 1 is 1.17 bits per heavy atom.